The third-order valence-electron chi connectivity index (χ3n) is 5.22. The van der Waals surface area contributed by atoms with Crippen molar-refractivity contribution in [1.29, 1.82) is 0 Å². The van der Waals surface area contributed by atoms with Gasteiger partial charge in [0, 0.05) is 18.9 Å². The predicted octanol–water partition coefficient (Wildman–Crippen LogP) is 5.43. The van der Waals surface area contributed by atoms with Gasteiger partial charge in [-0.1, -0.05) is 44.2 Å². The van der Waals surface area contributed by atoms with Crippen LogP contribution in [-0.2, 0) is 21.1 Å². The van der Waals surface area contributed by atoms with Gasteiger partial charge in [0.15, 0.2) is 0 Å². The summed E-state index contributed by atoms with van der Waals surface area (Å²) < 4.78 is 51.5. The van der Waals surface area contributed by atoms with Crippen molar-refractivity contribution in [3.05, 3.63) is 59.7 Å². The quantitative estimate of drug-likeness (QED) is 0.677. The number of alkyl halides is 3. The smallest absolute Gasteiger partial charge is 0.420 e. The van der Waals surface area contributed by atoms with Crippen molar-refractivity contribution in [3.8, 4) is 5.75 Å². The average molecular weight is 421 g/mol. The fourth-order valence-corrected chi connectivity index (χ4v) is 3.59. The number of rotatable bonds is 6. The highest BCUT2D eigenvalue weighted by Gasteiger charge is 2.42. The summed E-state index contributed by atoms with van der Waals surface area (Å²) in [6.07, 6.45) is -3.67. The molecule has 1 N–H and O–H groups in total. The molecule has 3 rings (SSSR count). The van der Waals surface area contributed by atoms with E-state index in [4.69, 9.17) is 9.47 Å². The molecule has 7 heteroatoms. The van der Waals surface area contributed by atoms with Crippen LogP contribution in [0.2, 0.25) is 0 Å². The monoisotopic (exact) mass is 421 g/mol. The highest BCUT2D eigenvalue weighted by Crippen LogP contribution is 2.40. The maximum atomic E-state index is 13.6. The fourth-order valence-electron chi connectivity index (χ4n) is 3.59. The molecule has 162 valence electrons. The molecule has 1 heterocycles. The standard InChI is InChI=1S/C23H26F3NO3/c1-16(2)15-30-20-9-8-18(14-19(20)23(24,25)26)27-21(28)22(10-12-29-13-11-22)17-6-4-3-5-7-17/h3-9,14,16H,10-13,15H2,1-2H3,(H,27,28). The molecule has 0 atom stereocenters. The maximum Gasteiger partial charge on any atom is 0.420 e. The minimum atomic E-state index is -4.59. The van der Waals surface area contributed by atoms with Gasteiger partial charge in [0.05, 0.1) is 17.6 Å². The molecule has 1 aliphatic heterocycles. The molecule has 4 nitrogen and oxygen atoms in total. The lowest BCUT2D eigenvalue weighted by Gasteiger charge is -2.36. The highest BCUT2D eigenvalue weighted by molar-refractivity contribution is 5.99. The molecule has 0 saturated carbocycles. The first kappa shape index (κ1) is 22.2. The van der Waals surface area contributed by atoms with Crippen molar-refractivity contribution in [2.75, 3.05) is 25.1 Å². The number of benzene rings is 2. The second-order valence-corrected chi connectivity index (χ2v) is 7.93. The van der Waals surface area contributed by atoms with Crippen molar-refractivity contribution in [2.24, 2.45) is 5.92 Å². The van der Waals surface area contributed by atoms with Gasteiger partial charge in [0.25, 0.3) is 0 Å². The Kier molecular flexibility index (Phi) is 6.71. The molecule has 0 radical (unpaired) electrons. The van der Waals surface area contributed by atoms with E-state index < -0.39 is 17.2 Å². The minimum absolute atomic E-state index is 0.0877. The summed E-state index contributed by atoms with van der Waals surface area (Å²) in [6.45, 7) is 4.72. The third-order valence-corrected chi connectivity index (χ3v) is 5.22. The summed E-state index contributed by atoms with van der Waals surface area (Å²) in [4.78, 5) is 13.3. The number of hydrogen-bond acceptors (Lipinski definition) is 3. The Labute approximate surface area is 174 Å². The van der Waals surface area contributed by atoms with E-state index in [1.54, 1.807) is 0 Å². The molecule has 1 saturated heterocycles. The summed E-state index contributed by atoms with van der Waals surface area (Å²) >= 11 is 0. The fraction of sp³-hybridized carbons (Fsp3) is 0.435. The molecule has 0 unspecified atom stereocenters. The van der Waals surface area contributed by atoms with Crippen LogP contribution in [0.4, 0.5) is 18.9 Å². The third kappa shape index (κ3) is 4.95. The van der Waals surface area contributed by atoms with Crippen LogP contribution in [0.15, 0.2) is 48.5 Å². The molecule has 1 fully saturated rings. The van der Waals surface area contributed by atoms with Crippen molar-refractivity contribution < 1.29 is 27.4 Å². The number of amides is 1. The van der Waals surface area contributed by atoms with Crippen LogP contribution in [0, 0.1) is 5.92 Å². The Morgan fingerprint density at radius 3 is 2.40 bits per heavy atom. The Hall–Kier alpha value is -2.54. The van der Waals surface area contributed by atoms with Gasteiger partial charge < -0.3 is 14.8 Å². The molecular formula is C23H26F3NO3. The second-order valence-electron chi connectivity index (χ2n) is 7.93. The van der Waals surface area contributed by atoms with Gasteiger partial charge in [0.2, 0.25) is 5.91 Å². The van der Waals surface area contributed by atoms with E-state index in [0.717, 1.165) is 11.6 Å². The summed E-state index contributed by atoms with van der Waals surface area (Å²) in [5.41, 5.74) is -0.823. The number of halogens is 3. The molecule has 1 amide bonds. The Morgan fingerprint density at radius 2 is 1.80 bits per heavy atom. The number of anilines is 1. The SMILES string of the molecule is CC(C)COc1ccc(NC(=O)C2(c3ccccc3)CCOCC2)cc1C(F)(F)F. The first-order valence-electron chi connectivity index (χ1n) is 10.0. The molecule has 2 aromatic rings. The second kappa shape index (κ2) is 9.08. The first-order chi connectivity index (χ1) is 14.2. The number of ether oxygens (including phenoxy) is 2. The largest absolute Gasteiger partial charge is 0.493 e. The summed E-state index contributed by atoms with van der Waals surface area (Å²) in [5, 5.41) is 2.71. The molecule has 2 aromatic carbocycles. The highest BCUT2D eigenvalue weighted by atomic mass is 19.4. The van der Waals surface area contributed by atoms with E-state index in [1.807, 2.05) is 44.2 Å². The van der Waals surface area contributed by atoms with E-state index in [0.29, 0.717) is 26.1 Å². The van der Waals surface area contributed by atoms with E-state index >= 15 is 0 Å². The Balaban J connectivity index is 1.89. The van der Waals surface area contributed by atoms with Crippen LogP contribution in [0.25, 0.3) is 0 Å². The van der Waals surface area contributed by atoms with E-state index in [-0.39, 0.29) is 29.9 Å². The summed E-state index contributed by atoms with van der Waals surface area (Å²) in [5.74, 6) is -0.483. The van der Waals surface area contributed by atoms with Crippen molar-refractivity contribution in [1.82, 2.24) is 0 Å². The summed E-state index contributed by atoms with van der Waals surface area (Å²) in [6, 6.07) is 12.9. The lowest BCUT2D eigenvalue weighted by Crippen LogP contribution is -2.44. The zero-order valence-corrected chi connectivity index (χ0v) is 17.1. The van der Waals surface area contributed by atoms with Gasteiger partial charge >= 0.3 is 6.18 Å². The molecule has 0 spiro atoms. The number of nitrogens with one attached hydrogen (secondary N) is 1. The van der Waals surface area contributed by atoms with Gasteiger partial charge in [0.1, 0.15) is 5.75 Å². The van der Waals surface area contributed by atoms with E-state index in [1.165, 1.54) is 12.1 Å². The van der Waals surface area contributed by atoms with Gasteiger partial charge in [-0.3, -0.25) is 4.79 Å². The molecule has 30 heavy (non-hydrogen) atoms. The van der Waals surface area contributed by atoms with E-state index in [9.17, 15) is 18.0 Å². The lowest BCUT2D eigenvalue weighted by atomic mass is 9.73. The average Bonchev–Trinajstić information content (AvgIpc) is 2.73. The number of hydrogen-bond donors (Lipinski definition) is 1. The van der Waals surface area contributed by atoms with E-state index in [2.05, 4.69) is 5.32 Å². The topological polar surface area (TPSA) is 47.6 Å². The van der Waals surface area contributed by atoms with Crippen LogP contribution in [0.3, 0.4) is 0 Å². The molecule has 0 aliphatic carbocycles. The zero-order chi connectivity index (χ0) is 21.8. The Morgan fingerprint density at radius 1 is 1.13 bits per heavy atom. The normalized spacial score (nSPS) is 16.3. The van der Waals surface area contributed by atoms with Crippen LogP contribution >= 0.6 is 0 Å². The zero-order valence-electron chi connectivity index (χ0n) is 17.1. The van der Waals surface area contributed by atoms with Crippen LogP contribution < -0.4 is 10.1 Å². The van der Waals surface area contributed by atoms with Crippen LogP contribution in [0.1, 0.15) is 37.8 Å². The minimum Gasteiger partial charge on any atom is -0.493 e. The number of carbonyl (C=O) groups excluding carboxylic acids is 1. The van der Waals surface area contributed by atoms with Crippen LogP contribution in [0.5, 0.6) is 5.75 Å². The van der Waals surface area contributed by atoms with Gasteiger partial charge in [-0.15, -0.1) is 0 Å². The molecular weight excluding hydrogens is 395 g/mol. The Bertz CT molecular complexity index is 860. The molecule has 0 bridgehead atoms. The molecule has 0 aromatic heterocycles. The predicted molar refractivity (Wildman–Crippen MR) is 109 cm³/mol. The summed E-state index contributed by atoms with van der Waals surface area (Å²) in [7, 11) is 0. The first-order valence-corrected chi connectivity index (χ1v) is 10.0. The van der Waals surface area contributed by atoms with Crippen molar-refractivity contribution in [2.45, 2.75) is 38.3 Å². The van der Waals surface area contributed by atoms with Crippen LogP contribution in [-0.4, -0.2) is 25.7 Å². The molecule has 1 aliphatic rings. The number of carbonyl (C=O) groups is 1. The lowest BCUT2D eigenvalue weighted by molar-refractivity contribution is -0.139. The van der Waals surface area contributed by atoms with Crippen molar-refractivity contribution in [3.63, 3.8) is 0 Å². The van der Waals surface area contributed by atoms with Gasteiger partial charge in [-0.05, 0) is 42.5 Å². The van der Waals surface area contributed by atoms with Crippen molar-refractivity contribution >= 4 is 11.6 Å². The van der Waals surface area contributed by atoms with Gasteiger partial charge in [-0.2, -0.15) is 13.2 Å². The van der Waals surface area contributed by atoms with Gasteiger partial charge in [-0.25, -0.2) is 0 Å². The maximum absolute atomic E-state index is 13.6.